The molecule has 108 valence electrons. The minimum atomic E-state index is -0.707. The van der Waals surface area contributed by atoms with Crippen LogP contribution in [0.3, 0.4) is 0 Å². The fourth-order valence-electron chi connectivity index (χ4n) is 1.57. The predicted molar refractivity (Wildman–Crippen MR) is 81.7 cm³/mol. The van der Waals surface area contributed by atoms with Crippen molar-refractivity contribution in [1.29, 1.82) is 0 Å². The molecule has 0 radical (unpaired) electrons. The highest BCUT2D eigenvalue weighted by molar-refractivity contribution is 9.10. The first kappa shape index (κ1) is 15.2. The van der Waals surface area contributed by atoms with Gasteiger partial charge in [-0.1, -0.05) is 34.1 Å². The van der Waals surface area contributed by atoms with Crippen LogP contribution in [-0.4, -0.2) is 6.03 Å². The average Bonchev–Trinajstić information content (AvgIpc) is 2.45. The van der Waals surface area contributed by atoms with Crippen molar-refractivity contribution >= 4 is 33.7 Å². The van der Waals surface area contributed by atoms with Gasteiger partial charge in [0.25, 0.3) is 0 Å². The summed E-state index contributed by atoms with van der Waals surface area (Å²) in [5.74, 6) is -1.34. The number of anilines is 1. The maximum atomic E-state index is 13.3. The Morgan fingerprint density at radius 3 is 2.67 bits per heavy atom. The van der Waals surface area contributed by atoms with Crippen LogP contribution in [0.15, 0.2) is 53.1 Å². The van der Waals surface area contributed by atoms with Gasteiger partial charge in [0.15, 0.2) is 0 Å². The largest absolute Gasteiger partial charge is 0.323 e. The fourth-order valence-corrected chi connectivity index (χ4v) is 1.99. The highest BCUT2D eigenvalue weighted by atomic mass is 79.9. The summed E-state index contributed by atoms with van der Waals surface area (Å²) in [6.45, 7) is 0. The van der Waals surface area contributed by atoms with Crippen LogP contribution in [-0.2, 0) is 0 Å². The Labute approximate surface area is 128 Å². The van der Waals surface area contributed by atoms with Crippen molar-refractivity contribution in [2.45, 2.75) is 0 Å². The number of carbonyl (C=O) groups excluding carboxylic acids is 1. The lowest BCUT2D eigenvalue weighted by atomic mass is 10.2. The third-order valence-electron chi connectivity index (χ3n) is 2.56. The highest BCUT2D eigenvalue weighted by Crippen LogP contribution is 2.17. The second-order valence-electron chi connectivity index (χ2n) is 4.08. The first-order valence-corrected chi connectivity index (χ1v) is 6.79. The number of halogens is 3. The summed E-state index contributed by atoms with van der Waals surface area (Å²) >= 11 is 3.36. The molecule has 2 rings (SSSR count). The van der Waals surface area contributed by atoms with Crippen molar-refractivity contribution in [2.75, 3.05) is 5.32 Å². The van der Waals surface area contributed by atoms with Gasteiger partial charge < -0.3 is 10.6 Å². The molecule has 0 spiro atoms. The molecule has 0 heterocycles. The monoisotopic (exact) mass is 352 g/mol. The topological polar surface area (TPSA) is 41.1 Å². The van der Waals surface area contributed by atoms with Crippen LogP contribution >= 0.6 is 15.9 Å². The molecule has 0 saturated carbocycles. The predicted octanol–water partition coefficient (Wildman–Crippen LogP) is 4.52. The lowest BCUT2D eigenvalue weighted by Crippen LogP contribution is -2.24. The average molecular weight is 353 g/mol. The van der Waals surface area contributed by atoms with Crippen LogP contribution < -0.4 is 10.6 Å². The van der Waals surface area contributed by atoms with Crippen LogP contribution in [0.25, 0.3) is 6.08 Å². The molecule has 6 heteroatoms. The molecular weight excluding hydrogens is 342 g/mol. The highest BCUT2D eigenvalue weighted by Gasteiger charge is 2.06. The maximum Gasteiger partial charge on any atom is 0.323 e. The molecule has 2 aromatic carbocycles. The minimum absolute atomic E-state index is 0.221. The molecule has 0 aromatic heterocycles. The van der Waals surface area contributed by atoms with Gasteiger partial charge >= 0.3 is 6.03 Å². The van der Waals surface area contributed by atoms with Gasteiger partial charge in [0.1, 0.15) is 11.6 Å². The van der Waals surface area contributed by atoms with Crippen molar-refractivity contribution in [3.8, 4) is 0 Å². The number of amides is 2. The van der Waals surface area contributed by atoms with Crippen LogP contribution in [0.1, 0.15) is 5.56 Å². The van der Waals surface area contributed by atoms with E-state index in [1.807, 2.05) is 24.3 Å². The summed E-state index contributed by atoms with van der Waals surface area (Å²) in [4.78, 5) is 11.6. The van der Waals surface area contributed by atoms with E-state index >= 15 is 0 Å². The molecular formula is C15H11BrF2N2O. The molecule has 0 saturated heterocycles. The van der Waals surface area contributed by atoms with E-state index in [1.165, 1.54) is 6.20 Å². The Hall–Kier alpha value is -2.21. The van der Waals surface area contributed by atoms with E-state index in [1.54, 1.807) is 6.08 Å². The zero-order valence-electron chi connectivity index (χ0n) is 10.7. The summed E-state index contributed by atoms with van der Waals surface area (Å²) < 4.78 is 27.2. The number of urea groups is 1. The summed E-state index contributed by atoms with van der Waals surface area (Å²) in [5, 5.41) is 4.64. The normalized spacial score (nSPS) is 10.6. The number of carbonyl (C=O) groups is 1. The number of hydrogen-bond donors (Lipinski definition) is 2. The summed E-state index contributed by atoms with van der Waals surface area (Å²) in [5.41, 5.74) is 0.650. The number of nitrogens with one attached hydrogen (secondary N) is 2. The summed E-state index contributed by atoms with van der Waals surface area (Å²) in [6.07, 6.45) is 3.08. The third-order valence-corrected chi connectivity index (χ3v) is 3.28. The molecule has 0 bridgehead atoms. The van der Waals surface area contributed by atoms with Crippen LogP contribution in [0.4, 0.5) is 19.3 Å². The SMILES string of the molecule is O=C(N/C=C/c1ccccc1Br)Nc1cc(F)ccc1F. The van der Waals surface area contributed by atoms with Crippen molar-refractivity contribution in [2.24, 2.45) is 0 Å². The second-order valence-corrected chi connectivity index (χ2v) is 4.93. The van der Waals surface area contributed by atoms with Crippen LogP contribution in [0, 0.1) is 11.6 Å². The number of hydrogen-bond acceptors (Lipinski definition) is 1. The van der Waals surface area contributed by atoms with Crippen molar-refractivity contribution in [1.82, 2.24) is 5.32 Å². The first-order valence-electron chi connectivity index (χ1n) is 6.00. The van der Waals surface area contributed by atoms with E-state index in [9.17, 15) is 13.6 Å². The zero-order chi connectivity index (χ0) is 15.2. The van der Waals surface area contributed by atoms with E-state index in [2.05, 4.69) is 26.6 Å². The molecule has 0 unspecified atom stereocenters. The molecule has 0 fully saturated rings. The van der Waals surface area contributed by atoms with Gasteiger partial charge in [-0.25, -0.2) is 13.6 Å². The summed E-state index contributed by atoms with van der Waals surface area (Å²) in [7, 11) is 0. The standard InChI is InChI=1S/C15H11BrF2N2O/c16-12-4-2-1-3-10(12)7-8-19-15(21)20-14-9-11(17)5-6-13(14)18/h1-9H,(H2,19,20,21)/b8-7+. The second kappa shape index (κ2) is 6.99. The van der Waals surface area contributed by atoms with Crippen molar-refractivity contribution in [3.63, 3.8) is 0 Å². The van der Waals surface area contributed by atoms with E-state index in [-0.39, 0.29) is 5.69 Å². The van der Waals surface area contributed by atoms with E-state index in [0.29, 0.717) is 0 Å². The molecule has 0 aliphatic rings. The Bertz CT molecular complexity index is 689. The number of rotatable bonds is 3. The smallest absolute Gasteiger partial charge is 0.314 e. The molecule has 0 aliphatic carbocycles. The van der Waals surface area contributed by atoms with Crippen molar-refractivity contribution in [3.05, 3.63) is 70.3 Å². The lowest BCUT2D eigenvalue weighted by Gasteiger charge is -2.06. The third kappa shape index (κ3) is 4.39. The van der Waals surface area contributed by atoms with Gasteiger partial charge in [-0.05, 0) is 29.8 Å². The Balaban J connectivity index is 1.96. The van der Waals surface area contributed by atoms with E-state index in [0.717, 1.165) is 28.2 Å². The Morgan fingerprint density at radius 1 is 1.14 bits per heavy atom. The van der Waals surface area contributed by atoms with Crippen molar-refractivity contribution < 1.29 is 13.6 Å². The van der Waals surface area contributed by atoms with Gasteiger partial charge in [0.2, 0.25) is 0 Å². The molecule has 2 amide bonds. The first-order chi connectivity index (χ1) is 10.1. The van der Waals surface area contributed by atoms with Gasteiger partial charge in [0, 0.05) is 16.7 Å². The lowest BCUT2D eigenvalue weighted by molar-refractivity contribution is 0.255. The van der Waals surface area contributed by atoms with E-state index < -0.39 is 17.7 Å². The summed E-state index contributed by atoms with van der Waals surface area (Å²) in [6, 6.07) is 9.61. The van der Waals surface area contributed by atoms with Gasteiger partial charge in [0.05, 0.1) is 5.69 Å². The molecule has 3 nitrogen and oxygen atoms in total. The van der Waals surface area contributed by atoms with E-state index in [4.69, 9.17) is 0 Å². The Morgan fingerprint density at radius 2 is 1.90 bits per heavy atom. The van der Waals surface area contributed by atoms with Gasteiger partial charge in [-0.15, -0.1) is 0 Å². The minimum Gasteiger partial charge on any atom is -0.314 e. The molecule has 21 heavy (non-hydrogen) atoms. The molecule has 0 atom stereocenters. The molecule has 2 aromatic rings. The molecule has 0 aliphatic heterocycles. The fraction of sp³-hybridized carbons (Fsp3) is 0. The van der Waals surface area contributed by atoms with Gasteiger partial charge in [-0.2, -0.15) is 0 Å². The number of benzene rings is 2. The quantitative estimate of drug-likeness (QED) is 0.837. The molecule has 2 N–H and O–H groups in total. The zero-order valence-corrected chi connectivity index (χ0v) is 12.3. The van der Waals surface area contributed by atoms with Crippen LogP contribution in [0.2, 0.25) is 0 Å². The maximum absolute atomic E-state index is 13.3. The van der Waals surface area contributed by atoms with Crippen LogP contribution in [0.5, 0.6) is 0 Å². The van der Waals surface area contributed by atoms with Gasteiger partial charge in [-0.3, -0.25) is 0 Å². The Kier molecular flexibility index (Phi) is 5.05.